The first kappa shape index (κ1) is 22.5. The van der Waals surface area contributed by atoms with Gasteiger partial charge < -0.3 is 21.7 Å². The topological polar surface area (TPSA) is 125 Å². The molecule has 2 aromatic rings. The Morgan fingerprint density at radius 2 is 1.94 bits per heavy atom. The first-order valence-electron chi connectivity index (χ1n) is 10.3. The van der Waals surface area contributed by atoms with Gasteiger partial charge in [-0.2, -0.15) is 13.2 Å². The SMILES string of the molecule is CN1CCCCC1C(=O)Nc1ccc2c(c1)N/C(=C(\C(N)=O)c1nccc(C(F)(F)F)n1)N2. The molecule has 3 heterocycles. The number of aromatic nitrogens is 2. The van der Waals surface area contributed by atoms with E-state index in [1.54, 1.807) is 18.2 Å². The lowest BCUT2D eigenvalue weighted by atomic mass is 10.0. The van der Waals surface area contributed by atoms with E-state index in [-0.39, 0.29) is 23.3 Å². The van der Waals surface area contributed by atoms with E-state index in [0.29, 0.717) is 23.1 Å². The Kier molecular flexibility index (Phi) is 5.93. The third-order valence-corrected chi connectivity index (χ3v) is 5.55. The number of piperidine rings is 1. The number of hydrogen-bond donors (Lipinski definition) is 4. The van der Waals surface area contributed by atoms with Crippen molar-refractivity contribution >= 4 is 34.4 Å². The number of halogens is 3. The van der Waals surface area contributed by atoms with E-state index in [1.165, 1.54) is 0 Å². The van der Waals surface area contributed by atoms with Crippen LogP contribution in [0.4, 0.5) is 30.2 Å². The molecule has 0 radical (unpaired) electrons. The van der Waals surface area contributed by atoms with Gasteiger partial charge >= 0.3 is 6.18 Å². The van der Waals surface area contributed by atoms with Gasteiger partial charge in [0.2, 0.25) is 5.91 Å². The number of nitrogens with zero attached hydrogens (tertiary/aromatic N) is 3. The van der Waals surface area contributed by atoms with E-state index in [9.17, 15) is 22.8 Å². The van der Waals surface area contributed by atoms with E-state index in [2.05, 4.69) is 25.9 Å². The molecule has 9 nitrogen and oxygen atoms in total. The van der Waals surface area contributed by atoms with E-state index < -0.39 is 23.6 Å². The Hall–Kier alpha value is -3.67. The lowest BCUT2D eigenvalue weighted by molar-refractivity contribution is -0.141. The van der Waals surface area contributed by atoms with Gasteiger partial charge in [0.15, 0.2) is 5.82 Å². The Morgan fingerprint density at radius 3 is 2.64 bits per heavy atom. The minimum Gasteiger partial charge on any atom is -0.365 e. The van der Waals surface area contributed by atoms with Gasteiger partial charge in [0.05, 0.1) is 17.4 Å². The number of likely N-dealkylation sites (tertiary alicyclic amines) is 1. The fraction of sp³-hybridized carbons (Fsp3) is 0.333. The summed E-state index contributed by atoms with van der Waals surface area (Å²) in [6.45, 7) is 0.857. The van der Waals surface area contributed by atoms with Crippen LogP contribution in [0.2, 0.25) is 0 Å². The molecule has 33 heavy (non-hydrogen) atoms. The molecule has 0 bridgehead atoms. The molecule has 0 spiro atoms. The number of alkyl halides is 3. The average molecular weight is 461 g/mol. The zero-order valence-corrected chi connectivity index (χ0v) is 17.7. The molecule has 2 amide bonds. The highest BCUT2D eigenvalue weighted by Gasteiger charge is 2.34. The lowest BCUT2D eigenvalue weighted by Crippen LogP contribution is -2.44. The average Bonchev–Trinajstić information content (AvgIpc) is 3.16. The molecule has 0 saturated carbocycles. The molecule has 2 aliphatic rings. The summed E-state index contributed by atoms with van der Waals surface area (Å²) < 4.78 is 39.1. The first-order valence-corrected chi connectivity index (χ1v) is 10.3. The Labute approximate surface area is 187 Å². The number of benzene rings is 1. The molecule has 4 rings (SSSR count). The van der Waals surface area contributed by atoms with Crippen molar-refractivity contribution in [3.8, 4) is 0 Å². The third-order valence-electron chi connectivity index (χ3n) is 5.55. The second-order valence-corrected chi connectivity index (χ2v) is 7.87. The largest absolute Gasteiger partial charge is 0.433 e. The summed E-state index contributed by atoms with van der Waals surface area (Å²) in [4.78, 5) is 34.0. The standard InChI is InChI=1S/C21H22F3N7O2/c1-31-9-3-2-4-14(31)20(33)27-11-5-6-12-13(10-11)29-19(28-12)16(17(25)32)18-26-8-7-15(30-18)21(22,23)24/h5-8,10,14,28-29H,2-4,9H2,1H3,(H2,25,32)(H,27,33)/b19-16+. The molecular formula is C21H22F3N7O2. The molecule has 12 heteroatoms. The van der Waals surface area contributed by atoms with Crippen LogP contribution in [0, 0.1) is 0 Å². The number of nitrogens with two attached hydrogens (primary N) is 1. The second-order valence-electron chi connectivity index (χ2n) is 7.87. The van der Waals surface area contributed by atoms with Gasteiger partial charge in [-0.05, 0) is 50.7 Å². The Balaban J connectivity index is 1.58. The van der Waals surface area contributed by atoms with Crippen LogP contribution in [0.1, 0.15) is 30.8 Å². The quantitative estimate of drug-likeness (QED) is 0.516. The molecule has 1 fully saturated rings. The van der Waals surface area contributed by atoms with Crippen molar-refractivity contribution in [1.29, 1.82) is 0 Å². The first-order chi connectivity index (χ1) is 15.6. The molecule has 1 aromatic heterocycles. The maximum atomic E-state index is 13.0. The van der Waals surface area contributed by atoms with Crippen LogP contribution in [0.25, 0.3) is 5.57 Å². The van der Waals surface area contributed by atoms with Crippen molar-refractivity contribution in [1.82, 2.24) is 14.9 Å². The zero-order valence-electron chi connectivity index (χ0n) is 17.7. The van der Waals surface area contributed by atoms with Crippen LogP contribution in [-0.4, -0.2) is 46.3 Å². The minimum absolute atomic E-state index is 0.0484. The van der Waals surface area contributed by atoms with E-state index in [1.807, 2.05) is 11.9 Å². The number of carbonyl (C=O) groups excluding carboxylic acids is 2. The number of fused-ring (bicyclic) bond motifs is 1. The van der Waals surface area contributed by atoms with E-state index in [4.69, 9.17) is 5.73 Å². The number of likely N-dealkylation sites (N-methyl/N-ethyl adjacent to an activating group) is 1. The molecule has 5 N–H and O–H groups in total. The lowest BCUT2D eigenvalue weighted by Gasteiger charge is -2.31. The molecular weight excluding hydrogens is 439 g/mol. The summed E-state index contributed by atoms with van der Waals surface area (Å²) in [5, 5.41) is 8.72. The Morgan fingerprint density at radius 1 is 1.18 bits per heavy atom. The molecule has 1 unspecified atom stereocenters. The predicted octanol–water partition coefficient (Wildman–Crippen LogP) is 2.61. The second kappa shape index (κ2) is 8.70. The maximum absolute atomic E-state index is 13.0. The van der Waals surface area contributed by atoms with Crippen LogP contribution in [0.5, 0.6) is 0 Å². The van der Waals surface area contributed by atoms with Gasteiger partial charge in [-0.15, -0.1) is 0 Å². The number of carbonyl (C=O) groups is 2. The highest BCUT2D eigenvalue weighted by molar-refractivity contribution is 6.20. The van der Waals surface area contributed by atoms with Crippen molar-refractivity contribution in [2.45, 2.75) is 31.5 Å². The normalized spacial score (nSPS) is 19.8. The fourth-order valence-corrected chi connectivity index (χ4v) is 3.87. The monoisotopic (exact) mass is 461 g/mol. The summed E-state index contributed by atoms with van der Waals surface area (Å²) in [5.74, 6) is -1.54. The van der Waals surface area contributed by atoms with Gasteiger partial charge in [-0.25, -0.2) is 9.97 Å². The highest BCUT2D eigenvalue weighted by Crippen LogP contribution is 2.36. The van der Waals surface area contributed by atoms with E-state index in [0.717, 1.165) is 32.0 Å². The summed E-state index contributed by atoms with van der Waals surface area (Å²) in [5.41, 5.74) is 5.49. The van der Waals surface area contributed by atoms with Gasteiger partial charge in [-0.1, -0.05) is 6.42 Å². The molecule has 0 aliphatic carbocycles. The van der Waals surface area contributed by atoms with Crippen LogP contribution < -0.4 is 21.7 Å². The molecule has 174 valence electrons. The van der Waals surface area contributed by atoms with Crippen molar-refractivity contribution < 1.29 is 22.8 Å². The van der Waals surface area contributed by atoms with Crippen molar-refractivity contribution in [2.24, 2.45) is 5.73 Å². The molecule has 1 aromatic carbocycles. The van der Waals surface area contributed by atoms with Gasteiger partial charge in [0.1, 0.15) is 17.1 Å². The van der Waals surface area contributed by atoms with E-state index >= 15 is 0 Å². The van der Waals surface area contributed by atoms with Gasteiger partial charge in [0, 0.05) is 11.9 Å². The number of primary amides is 1. The number of rotatable bonds is 4. The van der Waals surface area contributed by atoms with Crippen LogP contribution in [0.3, 0.4) is 0 Å². The fourth-order valence-electron chi connectivity index (χ4n) is 3.87. The van der Waals surface area contributed by atoms with Crippen molar-refractivity contribution in [3.05, 3.63) is 47.8 Å². The zero-order chi connectivity index (χ0) is 23.8. The summed E-state index contributed by atoms with van der Waals surface area (Å²) in [6, 6.07) is 5.49. The van der Waals surface area contributed by atoms with Crippen LogP contribution >= 0.6 is 0 Å². The van der Waals surface area contributed by atoms with Gasteiger partial charge in [-0.3, -0.25) is 14.5 Å². The van der Waals surface area contributed by atoms with Crippen LogP contribution in [0.15, 0.2) is 36.3 Å². The summed E-state index contributed by atoms with van der Waals surface area (Å²) in [6.07, 6.45) is -0.975. The Bertz CT molecular complexity index is 1130. The molecule has 1 atom stereocenters. The van der Waals surface area contributed by atoms with Crippen molar-refractivity contribution in [3.63, 3.8) is 0 Å². The maximum Gasteiger partial charge on any atom is 0.433 e. The van der Waals surface area contributed by atoms with Crippen molar-refractivity contribution in [2.75, 3.05) is 29.5 Å². The number of anilines is 3. The van der Waals surface area contributed by atoms with Gasteiger partial charge in [0.25, 0.3) is 5.91 Å². The number of nitrogens with one attached hydrogen (secondary N) is 3. The summed E-state index contributed by atoms with van der Waals surface area (Å²) in [7, 11) is 1.91. The summed E-state index contributed by atoms with van der Waals surface area (Å²) >= 11 is 0. The number of hydrogen-bond acceptors (Lipinski definition) is 7. The smallest absolute Gasteiger partial charge is 0.365 e. The molecule has 1 saturated heterocycles. The van der Waals surface area contributed by atoms with Crippen LogP contribution in [-0.2, 0) is 15.8 Å². The molecule has 2 aliphatic heterocycles. The predicted molar refractivity (Wildman–Crippen MR) is 116 cm³/mol. The number of amides is 2. The highest BCUT2D eigenvalue weighted by atomic mass is 19.4. The minimum atomic E-state index is -4.70. The third kappa shape index (κ3) is 4.75.